The molecule has 3 heterocycles. The first-order valence-electron chi connectivity index (χ1n) is 10.8. The number of nitrogens with one attached hydrogen (secondary N) is 1. The van der Waals surface area contributed by atoms with Crippen LogP contribution in [-0.4, -0.2) is 56.1 Å². The van der Waals surface area contributed by atoms with Gasteiger partial charge in [-0.15, -0.1) is 11.3 Å². The number of anilines is 2. The van der Waals surface area contributed by atoms with Gasteiger partial charge in [-0.3, -0.25) is 0 Å². The first-order valence-corrected chi connectivity index (χ1v) is 13.1. The van der Waals surface area contributed by atoms with Crippen LogP contribution in [0.5, 0.6) is 5.75 Å². The van der Waals surface area contributed by atoms with Crippen molar-refractivity contribution in [1.29, 1.82) is 0 Å². The summed E-state index contributed by atoms with van der Waals surface area (Å²) >= 11 is 1.55. The van der Waals surface area contributed by atoms with Crippen LogP contribution in [-0.2, 0) is 14.8 Å². The van der Waals surface area contributed by atoms with Crippen LogP contribution in [0.15, 0.2) is 58.8 Å². The van der Waals surface area contributed by atoms with E-state index in [1.165, 1.54) is 11.4 Å². The Bertz CT molecular complexity index is 1430. The van der Waals surface area contributed by atoms with Gasteiger partial charge in [0, 0.05) is 29.7 Å². The molecule has 0 amide bonds. The molecule has 8 nitrogen and oxygen atoms in total. The van der Waals surface area contributed by atoms with Crippen LogP contribution in [0.25, 0.3) is 21.3 Å². The molecular weight excluding hydrogens is 472 g/mol. The summed E-state index contributed by atoms with van der Waals surface area (Å²) in [7, 11) is -2.29. The number of aromatic nitrogens is 2. The third-order valence-electron chi connectivity index (χ3n) is 5.64. The fraction of sp³-hybridized carbons (Fsp3) is 0.250. The fourth-order valence-corrected chi connectivity index (χ4v) is 6.57. The van der Waals surface area contributed by atoms with Gasteiger partial charge in [0.1, 0.15) is 27.1 Å². The van der Waals surface area contributed by atoms with Gasteiger partial charge in [-0.1, -0.05) is 30.3 Å². The zero-order valence-corrected chi connectivity index (χ0v) is 20.4. The highest BCUT2D eigenvalue weighted by atomic mass is 32.2. The molecule has 0 atom stereocenters. The molecule has 4 aromatic rings. The number of sulfonamides is 1. The summed E-state index contributed by atoms with van der Waals surface area (Å²) in [5.41, 5.74) is 2.68. The number of nitrogens with zero attached hydrogens (tertiary/aromatic N) is 3. The number of hydrogen-bond donors (Lipinski definition) is 1. The molecule has 1 aliphatic heterocycles. The van der Waals surface area contributed by atoms with Crippen molar-refractivity contribution in [3.8, 4) is 16.9 Å². The third-order valence-corrected chi connectivity index (χ3v) is 8.44. The van der Waals surface area contributed by atoms with Crippen molar-refractivity contribution < 1.29 is 17.9 Å². The molecule has 2 aromatic heterocycles. The van der Waals surface area contributed by atoms with E-state index in [0.717, 1.165) is 21.3 Å². The van der Waals surface area contributed by atoms with E-state index in [1.807, 2.05) is 37.3 Å². The lowest BCUT2D eigenvalue weighted by Crippen LogP contribution is -2.40. The summed E-state index contributed by atoms with van der Waals surface area (Å²) in [5.74, 6) is 1.55. The third kappa shape index (κ3) is 4.25. The number of morpholine rings is 1. The molecule has 2 aromatic carbocycles. The number of thiophene rings is 1. The number of benzene rings is 2. The summed E-state index contributed by atoms with van der Waals surface area (Å²) in [6.45, 7) is 3.21. The van der Waals surface area contributed by atoms with Crippen LogP contribution < -0.4 is 10.1 Å². The van der Waals surface area contributed by atoms with Crippen molar-refractivity contribution in [2.24, 2.45) is 0 Å². The number of ether oxygens (including phenoxy) is 2. The molecule has 1 N–H and O–H groups in total. The van der Waals surface area contributed by atoms with Gasteiger partial charge in [-0.05, 0) is 30.7 Å². The Morgan fingerprint density at radius 1 is 1.09 bits per heavy atom. The van der Waals surface area contributed by atoms with E-state index in [4.69, 9.17) is 9.47 Å². The predicted octanol–water partition coefficient (Wildman–Crippen LogP) is 4.44. The first-order chi connectivity index (χ1) is 16.5. The van der Waals surface area contributed by atoms with Gasteiger partial charge in [0.25, 0.3) is 0 Å². The van der Waals surface area contributed by atoms with Gasteiger partial charge >= 0.3 is 0 Å². The molecule has 0 aliphatic carbocycles. The zero-order valence-electron chi connectivity index (χ0n) is 18.8. The molecule has 0 saturated carbocycles. The molecule has 34 heavy (non-hydrogen) atoms. The quantitative estimate of drug-likeness (QED) is 0.422. The maximum Gasteiger partial charge on any atom is 0.246 e. The maximum absolute atomic E-state index is 13.4. The highest BCUT2D eigenvalue weighted by Gasteiger charge is 2.29. The van der Waals surface area contributed by atoms with Crippen LogP contribution in [0.2, 0.25) is 0 Å². The van der Waals surface area contributed by atoms with Crippen LogP contribution >= 0.6 is 11.3 Å². The molecule has 0 unspecified atom stereocenters. The van der Waals surface area contributed by atoms with E-state index in [1.54, 1.807) is 29.5 Å². The largest absolute Gasteiger partial charge is 0.495 e. The van der Waals surface area contributed by atoms with Crippen LogP contribution in [0.4, 0.5) is 11.5 Å². The highest BCUT2D eigenvalue weighted by Crippen LogP contribution is 2.38. The van der Waals surface area contributed by atoms with E-state index in [-0.39, 0.29) is 4.90 Å². The average Bonchev–Trinajstić information content (AvgIpc) is 3.29. The Balaban J connectivity index is 1.58. The Morgan fingerprint density at radius 2 is 1.85 bits per heavy atom. The summed E-state index contributed by atoms with van der Waals surface area (Å²) in [6.07, 6.45) is 0. The van der Waals surface area contributed by atoms with E-state index in [9.17, 15) is 8.42 Å². The molecule has 0 spiro atoms. The lowest BCUT2D eigenvalue weighted by atomic mass is 10.1. The maximum atomic E-state index is 13.4. The minimum atomic E-state index is -3.75. The van der Waals surface area contributed by atoms with E-state index >= 15 is 0 Å². The van der Waals surface area contributed by atoms with Crippen LogP contribution in [0, 0.1) is 6.92 Å². The first kappa shape index (κ1) is 22.7. The molecule has 1 saturated heterocycles. The number of rotatable bonds is 6. The smallest absolute Gasteiger partial charge is 0.246 e. The van der Waals surface area contributed by atoms with E-state index in [0.29, 0.717) is 49.4 Å². The van der Waals surface area contributed by atoms with Crippen molar-refractivity contribution >= 4 is 43.1 Å². The van der Waals surface area contributed by atoms with Crippen LogP contribution in [0.3, 0.4) is 0 Å². The summed E-state index contributed by atoms with van der Waals surface area (Å²) in [5, 5.41) is 6.31. The molecule has 176 valence electrons. The molecule has 0 bridgehead atoms. The second-order valence-corrected chi connectivity index (χ2v) is 10.6. The topological polar surface area (TPSA) is 93.7 Å². The fourth-order valence-electron chi connectivity index (χ4n) is 3.99. The second kappa shape index (κ2) is 9.30. The van der Waals surface area contributed by atoms with Gasteiger partial charge in [0.15, 0.2) is 0 Å². The number of methoxy groups -OCH3 is 1. The molecule has 5 rings (SSSR count). The monoisotopic (exact) mass is 496 g/mol. The summed E-state index contributed by atoms with van der Waals surface area (Å²) in [6, 6.07) is 15.1. The molecule has 10 heteroatoms. The Hall–Kier alpha value is -3.05. The molecule has 0 radical (unpaired) electrons. The lowest BCUT2D eigenvalue weighted by molar-refractivity contribution is 0.0729. The Labute approximate surface area is 202 Å². The van der Waals surface area contributed by atoms with Crippen molar-refractivity contribution in [3.63, 3.8) is 0 Å². The standard InChI is InChI=1S/C24H24N4O4S2/c1-16-25-23(22-19(15-33-24(22)26-16)17-6-4-3-5-7-17)27-18-8-9-20(31-2)21(14-18)34(29,30)28-10-12-32-13-11-28/h3-9,14-15H,10-13H2,1-2H3,(H,25,26,27). The molecular formula is C24H24N4O4S2. The average molecular weight is 497 g/mol. The lowest BCUT2D eigenvalue weighted by Gasteiger charge is -2.27. The minimum absolute atomic E-state index is 0.109. The Morgan fingerprint density at radius 3 is 2.59 bits per heavy atom. The van der Waals surface area contributed by atoms with Crippen LogP contribution in [0.1, 0.15) is 5.82 Å². The van der Waals surface area contributed by atoms with Gasteiger partial charge in [-0.2, -0.15) is 4.31 Å². The van der Waals surface area contributed by atoms with Crippen molar-refractivity contribution in [2.45, 2.75) is 11.8 Å². The van der Waals surface area contributed by atoms with E-state index < -0.39 is 10.0 Å². The summed E-state index contributed by atoms with van der Waals surface area (Å²) < 4.78 is 38.9. The van der Waals surface area contributed by atoms with Crippen molar-refractivity contribution in [1.82, 2.24) is 14.3 Å². The highest BCUT2D eigenvalue weighted by molar-refractivity contribution is 7.89. The Kier molecular flexibility index (Phi) is 6.22. The molecule has 1 fully saturated rings. The normalized spacial score (nSPS) is 14.9. The van der Waals surface area contributed by atoms with Gasteiger partial charge < -0.3 is 14.8 Å². The zero-order chi connectivity index (χ0) is 23.7. The predicted molar refractivity (Wildman–Crippen MR) is 133 cm³/mol. The summed E-state index contributed by atoms with van der Waals surface area (Å²) in [4.78, 5) is 10.2. The number of aryl methyl sites for hydroxylation is 1. The minimum Gasteiger partial charge on any atom is -0.495 e. The van der Waals surface area contributed by atoms with Gasteiger partial charge in [0.05, 0.1) is 25.7 Å². The van der Waals surface area contributed by atoms with Crippen molar-refractivity contribution in [3.05, 3.63) is 59.7 Å². The SMILES string of the molecule is COc1ccc(Nc2nc(C)nc3scc(-c4ccccc4)c23)cc1S(=O)(=O)N1CCOCC1. The second-order valence-electron chi connectivity index (χ2n) is 7.82. The molecule has 1 aliphatic rings. The number of hydrogen-bond acceptors (Lipinski definition) is 8. The van der Waals surface area contributed by atoms with E-state index in [2.05, 4.69) is 20.7 Å². The van der Waals surface area contributed by atoms with Gasteiger partial charge in [-0.25, -0.2) is 18.4 Å². The van der Waals surface area contributed by atoms with Crippen molar-refractivity contribution in [2.75, 3.05) is 38.7 Å². The number of fused-ring (bicyclic) bond motifs is 1. The van der Waals surface area contributed by atoms with Gasteiger partial charge in [0.2, 0.25) is 10.0 Å².